The molecule has 1 N–H and O–H groups in total. The number of aromatic nitrogens is 3. The fraction of sp³-hybridized carbons (Fsp3) is 0.125. The molecule has 0 atom stereocenters. The molecular weight excluding hydrogens is 296 g/mol. The van der Waals surface area contributed by atoms with E-state index < -0.39 is 0 Å². The van der Waals surface area contributed by atoms with Crippen LogP contribution in [0.15, 0.2) is 54.4 Å². The number of hydrogen-bond donors (Lipinski definition) is 1. The monoisotopic (exact) mass is 310 g/mol. The van der Waals surface area contributed by atoms with E-state index in [-0.39, 0.29) is 5.91 Å². The van der Waals surface area contributed by atoms with Crippen molar-refractivity contribution in [3.05, 3.63) is 65.0 Å². The molecule has 1 amide bonds. The molecule has 0 spiro atoms. The van der Waals surface area contributed by atoms with Crippen LogP contribution in [0, 0.1) is 0 Å². The van der Waals surface area contributed by atoms with Crippen LogP contribution in [0.4, 0.5) is 0 Å². The highest BCUT2D eigenvalue weighted by Crippen LogP contribution is 2.21. The number of amides is 1. The van der Waals surface area contributed by atoms with Gasteiger partial charge in [0.1, 0.15) is 0 Å². The van der Waals surface area contributed by atoms with E-state index in [0.29, 0.717) is 18.5 Å². The van der Waals surface area contributed by atoms with E-state index in [2.05, 4.69) is 20.3 Å². The second-order valence-corrected chi connectivity index (χ2v) is 5.55. The number of thiazole rings is 1. The van der Waals surface area contributed by atoms with Gasteiger partial charge in [-0.25, -0.2) is 4.98 Å². The molecule has 3 aromatic heterocycles. The molecule has 6 heteroatoms. The second-order valence-electron chi connectivity index (χ2n) is 4.61. The Bertz CT molecular complexity index is 743. The number of nitrogens with zero attached hydrogens (tertiary/aromatic N) is 3. The minimum Gasteiger partial charge on any atom is -0.352 e. The van der Waals surface area contributed by atoms with Gasteiger partial charge in [-0.15, -0.1) is 11.3 Å². The topological polar surface area (TPSA) is 67.8 Å². The maximum atomic E-state index is 11.9. The summed E-state index contributed by atoms with van der Waals surface area (Å²) in [5.41, 5.74) is 2.57. The summed E-state index contributed by atoms with van der Waals surface area (Å²) >= 11 is 1.60. The number of rotatable bonds is 5. The van der Waals surface area contributed by atoms with Crippen LogP contribution in [0.2, 0.25) is 0 Å². The van der Waals surface area contributed by atoms with Crippen LogP contribution in [0.5, 0.6) is 0 Å². The highest BCUT2D eigenvalue weighted by atomic mass is 32.1. The van der Waals surface area contributed by atoms with Crippen LogP contribution in [0.3, 0.4) is 0 Å². The van der Waals surface area contributed by atoms with Gasteiger partial charge in [-0.1, -0.05) is 0 Å². The van der Waals surface area contributed by atoms with Gasteiger partial charge >= 0.3 is 0 Å². The summed E-state index contributed by atoms with van der Waals surface area (Å²) in [4.78, 5) is 24.4. The zero-order chi connectivity index (χ0) is 15.2. The Morgan fingerprint density at radius 3 is 2.77 bits per heavy atom. The van der Waals surface area contributed by atoms with Crippen LogP contribution in [0.1, 0.15) is 15.4 Å². The summed E-state index contributed by atoms with van der Waals surface area (Å²) < 4.78 is 0. The van der Waals surface area contributed by atoms with E-state index >= 15 is 0 Å². The molecule has 5 nitrogen and oxygen atoms in total. The molecule has 0 saturated heterocycles. The van der Waals surface area contributed by atoms with Gasteiger partial charge in [0.25, 0.3) is 5.91 Å². The molecule has 0 bridgehead atoms. The summed E-state index contributed by atoms with van der Waals surface area (Å²) in [6.07, 6.45) is 7.42. The lowest BCUT2D eigenvalue weighted by atomic mass is 10.2. The van der Waals surface area contributed by atoms with Gasteiger partial charge in [-0.05, 0) is 24.3 Å². The van der Waals surface area contributed by atoms with Gasteiger partial charge in [0.05, 0.1) is 16.3 Å². The van der Waals surface area contributed by atoms with Gasteiger partial charge in [0, 0.05) is 48.7 Å². The third kappa shape index (κ3) is 3.53. The molecule has 0 saturated carbocycles. The van der Waals surface area contributed by atoms with Crippen LogP contribution in [0.25, 0.3) is 11.3 Å². The zero-order valence-electron chi connectivity index (χ0n) is 11.8. The minimum absolute atomic E-state index is 0.112. The number of pyridine rings is 2. The molecule has 22 heavy (non-hydrogen) atoms. The zero-order valence-corrected chi connectivity index (χ0v) is 12.6. The molecule has 0 aliphatic carbocycles. The maximum absolute atomic E-state index is 11.9. The van der Waals surface area contributed by atoms with Crippen LogP contribution in [-0.4, -0.2) is 27.4 Å². The summed E-state index contributed by atoms with van der Waals surface area (Å²) in [7, 11) is 0. The molecule has 3 rings (SSSR count). The lowest BCUT2D eigenvalue weighted by Gasteiger charge is -2.03. The number of hydrogen-bond acceptors (Lipinski definition) is 5. The first-order valence-corrected chi connectivity index (χ1v) is 7.74. The summed E-state index contributed by atoms with van der Waals surface area (Å²) in [5.74, 6) is -0.112. The fourth-order valence-electron chi connectivity index (χ4n) is 1.96. The molecular formula is C16H14N4OS. The van der Waals surface area contributed by atoms with Crippen molar-refractivity contribution in [2.24, 2.45) is 0 Å². The quantitative estimate of drug-likeness (QED) is 0.786. The average molecular weight is 310 g/mol. The highest BCUT2D eigenvalue weighted by molar-refractivity contribution is 7.09. The van der Waals surface area contributed by atoms with E-state index in [1.807, 2.05) is 17.5 Å². The van der Waals surface area contributed by atoms with Crippen molar-refractivity contribution in [3.63, 3.8) is 0 Å². The van der Waals surface area contributed by atoms with E-state index in [1.54, 1.807) is 48.3 Å². The third-order valence-electron chi connectivity index (χ3n) is 3.08. The fourth-order valence-corrected chi connectivity index (χ4v) is 2.77. The first kappa shape index (κ1) is 14.3. The number of nitrogens with one attached hydrogen (secondary N) is 1. The lowest BCUT2D eigenvalue weighted by molar-refractivity contribution is 0.0954. The lowest BCUT2D eigenvalue weighted by Crippen LogP contribution is -2.25. The van der Waals surface area contributed by atoms with Crippen LogP contribution < -0.4 is 5.32 Å². The average Bonchev–Trinajstić information content (AvgIpc) is 3.05. The van der Waals surface area contributed by atoms with Crippen LogP contribution in [-0.2, 0) is 6.42 Å². The second kappa shape index (κ2) is 6.91. The third-order valence-corrected chi connectivity index (χ3v) is 3.98. The van der Waals surface area contributed by atoms with E-state index in [0.717, 1.165) is 16.3 Å². The molecule has 0 aliphatic heterocycles. The molecule has 0 unspecified atom stereocenters. The van der Waals surface area contributed by atoms with Gasteiger partial charge < -0.3 is 5.32 Å². The Morgan fingerprint density at radius 1 is 1.14 bits per heavy atom. The van der Waals surface area contributed by atoms with Crippen molar-refractivity contribution >= 4 is 17.2 Å². The van der Waals surface area contributed by atoms with Crippen molar-refractivity contribution in [2.75, 3.05) is 6.54 Å². The van der Waals surface area contributed by atoms with Crippen molar-refractivity contribution in [3.8, 4) is 11.3 Å². The van der Waals surface area contributed by atoms with Crippen LogP contribution >= 0.6 is 11.3 Å². The minimum atomic E-state index is -0.112. The number of carbonyl (C=O) groups is 1. The summed E-state index contributed by atoms with van der Waals surface area (Å²) in [5, 5.41) is 5.89. The Kier molecular flexibility index (Phi) is 4.50. The molecule has 0 aromatic carbocycles. The first-order chi connectivity index (χ1) is 10.8. The van der Waals surface area contributed by atoms with E-state index in [1.165, 1.54) is 0 Å². The molecule has 0 aliphatic rings. The summed E-state index contributed by atoms with van der Waals surface area (Å²) in [6.45, 7) is 0.553. The Hall–Kier alpha value is -2.60. The Morgan fingerprint density at radius 2 is 2.00 bits per heavy atom. The normalized spacial score (nSPS) is 10.4. The van der Waals surface area contributed by atoms with Crippen molar-refractivity contribution in [1.82, 2.24) is 20.3 Å². The van der Waals surface area contributed by atoms with Gasteiger partial charge in [0.2, 0.25) is 0 Å². The van der Waals surface area contributed by atoms with Crippen molar-refractivity contribution in [2.45, 2.75) is 6.42 Å². The van der Waals surface area contributed by atoms with Crippen molar-refractivity contribution < 1.29 is 4.79 Å². The summed E-state index contributed by atoms with van der Waals surface area (Å²) in [6, 6.07) is 7.36. The van der Waals surface area contributed by atoms with Gasteiger partial charge in [-0.3, -0.25) is 14.8 Å². The van der Waals surface area contributed by atoms with Gasteiger partial charge in [-0.2, -0.15) is 0 Å². The van der Waals surface area contributed by atoms with Gasteiger partial charge in [0.15, 0.2) is 0 Å². The van der Waals surface area contributed by atoms with E-state index in [9.17, 15) is 4.79 Å². The molecule has 0 radical (unpaired) electrons. The number of carbonyl (C=O) groups excluding carboxylic acids is 1. The van der Waals surface area contributed by atoms with Crippen molar-refractivity contribution in [1.29, 1.82) is 0 Å². The smallest absolute Gasteiger partial charge is 0.252 e. The highest BCUT2D eigenvalue weighted by Gasteiger charge is 2.07. The SMILES string of the molecule is O=C(NCCc1nc(-c2ccncc2)cs1)c1cccnc1. The standard InChI is InChI=1S/C16H14N4OS/c21-16(13-2-1-6-18-10-13)19-9-5-15-20-14(11-22-15)12-3-7-17-8-4-12/h1-4,6-8,10-11H,5,9H2,(H,19,21). The molecule has 3 heterocycles. The molecule has 0 fully saturated rings. The molecule has 3 aromatic rings. The van der Waals surface area contributed by atoms with E-state index in [4.69, 9.17) is 0 Å². The Labute approximate surface area is 132 Å². The largest absolute Gasteiger partial charge is 0.352 e. The maximum Gasteiger partial charge on any atom is 0.252 e. The molecule has 110 valence electrons. The first-order valence-electron chi connectivity index (χ1n) is 6.86. The Balaban J connectivity index is 1.55. The predicted molar refractivity (Wildman–Crippen MR) is 85.6 cm³/mol. The predicted octanol–water partition coefficient (Wildman–Crippen LogP) is 2.57.